The monoisotopic (exact) mass is 258 g/mol. The van der Waals surface area contributed by atoms with Crippen LogP contribution in [0.25, 0.3) is 0 Å². The zero-order valence-electron chi connectivity index (χ0n) is 10.8. The predicted molar refractivity (Wildman–Crippen MR) is 69.6 cm³/mol. The molecule has 0 spiro atoms. The summed E-state index contributed by atoms with van der Waals surface area (Å²) in [6.07, 6.45) is 3.19. The predicted octanol–water partition coefficient (Wildman–Crippen LogP) is 1.92. The van der Waals surface area contributed by atoms with Gasteiger partial charge in [0, 0.05) is 18.8 Å². The molecular weight excluding hydrogens is 244 g/mol. The molecule has 19 heavy (non-hydrogen) atoms. The third-order valence-electron chi connectivity index (χ3n) is 2.62. The zero-order chi connectivity index (χ0) is 13.7. The third kappa shape index (κ3) is 3.07. The van der Waals surface area contributed by atoms with Crippen molar-refractivity contribution < 1.29 is 14.3 Å². The molecule has 0 saturated carbocycles. The molecule has 5 heteroatoms. The quantitative estimate of drug-likeness (QED) is 0.767. The van der Waals surface area contributed by atoms with Gasteiger partial charge in [0.25, 0.3) is 0 Å². The molecule has 0 fully saturated rings. The molecule has 0 saturated heterocycles. The van der Waals surface area contributed by atoms with Crippen LogP contribution < -0.4 is 9.47 Å². The minimum atomic E-state index is -0.141. The molecule has 98 valence electrons. The molecular formula is C14H14N2O3. The Morgan fingerprint density at radius 1 is 1.16 bits per heavy atom. The van der Waals surface area contributed by atoms with Crippen LogP contribution in [0.2, 0.25) is 0 Å². The highest BCUT2D eigenvalue weighted by Gasteiger charge is 2.15. The van der Waals surface area contributed by atoms with Crippen molar-refractivity contribution in [1.29, 1.82) is 0 Å². The maximum atomic E-state index is 12.2. The number of ketones is 1. The lowest BCUT2D eigenvalue weighted by molar-refractivity contribution is 0.0984. The molecule has 0 N–H and O–H groups in total. The molecule has 0 bridgehead atoms. The Hall–Kier alpha value is -2.43. The molecule has 1 aromatic carbocycles. The summed E-state index contributed by atoms with van der Waals surface area (Å²) in [4.78, 5) is 20.2. The molecule has 2 aromatic rings. The second kappa shape index (κ2) is 5.95. The largest absolute Gasteiger partial charge is 0.497 e. The van der Waals surface area contributed by atoms with Crippen molar-refractivity contribution in [2.45, 2.75) is 6.42 Å². The summed E-state index contributed by atoms with van der Waals surface area (Å²) in [5.41, 5.74) is 1.10. The van der Waals surface area contributed by atoms with Gasteiger partial charge in [-0.15, -0.1) is 0 Å². The minimum Gasteiger partial charge on any atom is -0.497 e. The Kier molecular flexibility index (Phi) is 4.07. The van der Waals surface area contributed by atoms with Gasteiger partial charge in [-0.1, -0.05) is 12.1 Å². The summed E-state index contributed by atoms with van der Waals surface area (Å²) >= 11 is 0. The van der Waals surface area contributed by atoms with Crippen LogP contribution >= 0.6 is 0 Å². The number of nitrogens with zero attached hydrogens (tertiary/aromatic N) is 2. The summed E-state index contributed by atoms with van der Waals surface area (Å²) in [7, 11) is 3.05. The number of methoxy groups -OCH3 is 2. The van der Waals surface area contributed by atoms with E-state index in [2.05, 4.69) is 9.97 Å². The van der Waals surface area contributed by atoms with Crippen molar-refractivity contribution >= 4 is 5.78 Å². The van der Waals surface area contributed by atoms with Crippen LogP contribution in [0.3, 0.4) is 0 Å². The van der Waals surface area contributed by atoms with E-state index in [1.54, 1.807) is 7.11 Å². The van der Waals surface area contributed by atoms with Crippen molar-refractivity contribution in [3.05, 3.63) is 47.9 Å². The van der Waals surface area contributed by atoms with Gasteiger partial charge >= 0.3 is 0 Å². The fraction of sp³-hybridized carbons (Fsp3) is 0.214. The van der Waals surface area contributed by atoms with Crippen molar-refractivity contribution in [2.24, 2.45) is 0 Å². The smallest absolute Gasteiger partial charge is 0.243 e. The molecule has 0 aliphatic carbocycles. The SMILES string of the molecule is COc1cccc(CC(=O)c2nccnc2OC)c1. The number of carbonyl (C=O) groups excluding carboxylic acids is 1. The number of ether oxygens (including phenoxy) is 2. The minimum absolute atomic E-state index is 0.141. The van der Waals surface area contributed by atoms with E-state index in [9.17, 15) is 4.79 Å². The molecule has 5 nitrogen and oxygen atoms in total. The van der Waals surface area contributed by atoms with Crippen molar-refractivity contribution in [3.8, 4) is 11.6 Å². The molecule has 0 unspecified atom stereocenters. The van der Waals surface area contributed by atoms with Crippen LogP contribution in [-0.2, 0) is 6.42 Å². The van der Waals surface area contributed by atoms with Crippen LogP contribution in [0.15, 0.2) is 36.7 Å². The Balaban J connectivity index is 2.20. The lowest BCUT2D eigenvalue weighted by Crippen LogP contribution is -2.09. The van der Waals surface area contributed by atoms with Gasteiger partial charge in [0.2, 0.25) is 5.88 Å². The van der Waals surface area contributed by atoms with Gasteiger partial charge in [-0.2, -0.15) is 0 Å². The first-order valence-electron chi connectivity index (χ1n) is 5.75. The maximum Gasteiger partial charge on any atom is 0.243 e. The molecule has 2 rings (SSSR count). The first kappa shape index (κ1) is 13.0. The topological polar surface area (TPSA) is 61.3 Å². The molecule has 0 aliphatic heterocycles. The van der Waals surface area contributed by atoms with Crippen molar-refractivity contribution in [1.82, 2.24) is 9.97 Å². The fourth-order valence-electron chi connectivity index (χ4n) is 1.72. The fourth-order valence-corrected chi connectivity index (χ4v) is 1.72. The molecule has 0 aliphatic rings. The van der Waals surface area contributed by atoms with Gasteiger partial charge in [0.15, 0.2) is 11.5 Å². The maximum absolute atomic E-state index is 12.2. The number of Topliss-reactive ketones (excluding diaryl/α,β-unsaturated/α-hetero) is 1. The second-order valence-electron chi connectivity index (χ2n) is 3.87. The molecule has 0 atom stereocenters. The Morgan fingerprint density at radius 2 is 1.95 bits per heavy atom. The lowest BCUT2D eigenvalue weighted by Gasteiger charge is -2.06. The molecule has 1 aromatic heterocycles. The van der Waals surface area contributed by atoms with Gasteiger partial charge in [0.1, 0.15) is 5.75 Å². The highest BCUT2D eigenvalue weighted by molar-refractivity contribution is 5.97. The van der Waals surface area contributed by atoms with Crippen molar-refractivity contribution in [2.75, 3.05) is 14.2 Å². The number of rotatable bonds is 5. The number of carbonyl (C=O) groups is 1. The number of benzene rings is 1. The van der Waals surface area contributed by atoms with Gasteiger partial charge in [-0.25, -0.2) is 9.97 Å². The average Bonchev–Trinajstić information content (AvgIpc) is 2.47. The number of aromatic nitrogens is 2. The summed E-state index contributed by atoms with van der Waals surface area (Å²) < 4.78 is 10.2. The summed E-state index contributed by atoms with van der Waals surface area (Å²) in [6.45, 7) is 0. The first-order valence-corrected chi connectivity index (χ1v) is 5.75. The van der Waals surface area contributed by atoms with E-state index >= 15 is 0 Å². The zero-order valence-corrected chi connectivity index (χ0v) is 10.8. The number of hydrogen-bond acceptors (Lipinski definition) is 5. The van der Waals surface area contributed by atoms with E-state index in [4.69, 9.17) is 9.47 Å². The molecule has 1 heterocycles. The van der Waals surface area contributed by atoms with E-state index in [1.807, 2.05) is 24.3 Å². The van der Waals surface area contributed by atoms with E-state index in [0.717, 1.165) is 11.3 Å². The summed E-state index contributed by atoms with van der Waals surface area (Å²) in [5, 5.41) is 0. The van der Waals surface area contributed by atoms with Gasteiger partial charge in [-0.3, -0.25) is 4.79 Å². The van der Waals surface area contributed by atoms with Crippen molar-refractivity contribution in [3.63, 3.8) is 0 Å². The van der Waals surface area contributed by atoms with Gasteiger partial charge in [0.05, 0.1) is 14.2 Å². The second-order valence-corrected chi connectivity index (χ2v) is 3.87. The van der Waals surface area contributed by atoms with Crippen LogP contribution in [0.4, 0.5) is 0 Å². The van der Waals surface area contributed by atoms with Crippen LogP contribution in [0, 0.1) is 0 Å². The summed E-state index contributed by atoms with van der Waals surface area (Å²) in [6, 6.07) is 7.36. The lowest BCUT2D eigenvalue weighted by atomic mass is 10.1. The number of hydrogen-bond donors (Lipinski definition) is 0. The van der Waals surface area contributed by atoms with Crippen LogP contribution in [0.5, 0.6) is 11.6 Å². The standard InChI is InChI=1S/C14H14N2O3/c1-18-11-5-3-4-10(8-11)9-12(17)13-14(19-2)16-7-6-15-13/h3-8H,9H2,1-2H3. The third-order valence-corrected chi connectivity index (χ3v) is 2.62. The highest BCUT2D eigenvalue weighted by atomic mass is 16.5. The van der Waals surface area contributed by atoms with Crippen LogP contribution in [-0.4, -0.2) is 30.0 Å². The molecule has 0 amide bonds. The Labute approximate surface area is 111 Å². The van der Waals surface area contributed by atoms with E-state index in [0.29, 0.717) is 0 Å². The Morgan fingerprint density at radius 3 is 2.68 bits per heavy atom. The van der Waals surface area contributed by atoms with E-state index < -0.39 is 0 Å². The van der Waals surface area contributed by atoms with E-state index in [-0.39, 0.29) is 23.8 Å². The molecule has 0 radical (unpaired) electrons. The normalized spacial score (nSPS) is 10.0. The van der Waals surface area contributed by atoms with Gasteiger partial charge in [-0.05, 0) is 17.7 Å². The summed E-state index contributed by atoms with van der Waals surface area (Å²) in [5.74, 6) is 0.824. The Bertz CT molecular complexity index is 584. The average molecular weight is 258 g/mol. The van der Waals surface area contributed by atoms with Gasteiger partial charge < -0.3 is 9.47 Å². The first-order chi connectivity index (χ1) is 9.24. The van der Waals surface area contributed by atoms with E-state index in [1.165, 1.54) is 19.5 Å². The van der Waals surface area contributed by atoms with Crippen LogP contribution in [0.1, 0.15) is 16.1 Å². The highest BCUT2D eigenvalue weighted by Crippen LogP contribution is 2.17.